The minimum Gasteiger partial charge on any atom is -0.494 e. The summed E-state index contributed by atoms with van der Waals surface area (Å²) in [6, 6.07) is 21.5. The molecule has 43 heavy (non-hydrogen) atoms. The number of carbonyl (C=O) groups is 1. The van der Waals surface area contributed by atoms with Gasteiger partial charge in [-0.25, -0.2) is 4.39 Å². The highest BCUT2D eigenvalue weighted by Gasteiger charge is 2.39. The lowest BCUT2D eigenvalue weighted by Crippen LogP contribution is -2.44. The zero-order valence-electron chi connectivity index (χ0n) is 24.7. The summed E-state index contributed by atoms with van der Waals surface area (Å²) in [5.74, 6) is 0.318. The topological polar surface area (TPSA) is 98.4 Å². The highest BCUT2D eigenvalue weighted by atomic mass is 19.1. The molecule has 8 nitrogen and oxygen atoms in total. The van der Waals surface area contributed by atoms with Crippen molar-refractivity contribution in [1.29, 1.82) is 5.26 Å². The maximum atomic E-state index is 14.6. The molecule has 4 atom stereocenters. The third-order valence-corrected chi connectivity index (χ3v) is 8.26. The van der Waals surface area contributed by atoms with Gasteiger partial charge in [-0.3, -0.25) is 9.80 Å². The molecule has 3 aromatic carbocycles. The normalized spacial score (nSPS) is 21.7. The molecule has 1 saturated heterocycles. The molecule has 2 heterocycles. The summed E-state index contributed by atoms with van der Waals surface area (Å²) in [7, 11) is 0. The Bertz CT molecular complexity index is 1500. The molecule has 0 aliphatic carbocycles. The van der Waals surface area contributed by atoms with Gasteiger partial charge in [0.05, 0.1) is 47.8 Å². The smallest absolute Gasteiger partial charge is 0.305 e. The number of aliphatic carboxylic acids is 1. The molecule has 0 spiro atoms. The quantitative estimate of drug-likeness (QED) is 0.291. The Balaban J connectivity index is 1.30. The van der Waals surface area contributed by atoms with Crippen molar-refractivity contribution in [3.63, 3.8) is 0 Å². The van der Waals surface area contributed by atoms with Crippen molar-refractivity contribution < 1.29 is 23.8 Å². The van der Waals surface area contributed by atoms with Crippen LogP contribution in [0.3, 0.4) is 0 Å². The molecule has 0 saturated carbocycles. The molecular weight excluding hydrogens is 547 g/mol. The second-order valence-electron chi connectivity index (χ2n) is 11.1. The predicted molar refractivity (Wildman–Crippen MR) is 164 cm³/mol. The number of ether oxygens (including phenoxy) is 2. The summed E-state index contributed by atoms with van der Waals surface area (Å²) >= 11 is 0. The third-order valence-electron chi connectivity index (χ3n) is 8.26. The number of hydrogen-bond donors (Lipinski definition) is 1. The van der Waals surface area contributed by atoms with E-state index in [1.165, 1.54) is 6.07 Å². The number of piperidine rings is 1. The molecule has 9 heteroatoms. The summed E-state index contributed by atoms with van der Waals surface area (Å²) in [5, 5.41) is 25.6. The summed E-state index contributed by atoms with van der Waals surface area (Å²) in [5.41, 5.74) is 3.60. The standard InChI is InChI=1S/C34H37FN4O4/c1-4-28-30(19-33(40)41)39(37-34(28)24-8-6-23(20-36)7-9-24)25-10-12-26(13-11-25)43-32-16-17-38(21-22(32)3)31-18-27(42-5-2)14-15-29(31)35/h6-15,18,22,28,30,32H,4-5,16-17,19,21H2,1-3H3,(H,40,41)/t22-,28+,30+,32-/m1/s1. The lowest BCUT2D eigenvalue weighted by molar-refractivity contribution is -0.137. The highest BCUT2D eigenvalue weighted by Crippen LogP contribution is 2.36. The van der Waals surface area contributed by atoms with E-state index >= 15 is 0 Å². The van der Waals surface area contributed by atoms with Crippen LogP contribution in [0.1, 0.15) is 51.2 Å². The van der Waals surface area contributed by atoms with Crippen LogP contribution in [0.4, 0.5) is 15.8 Å². The van der Waals surface area contributed by atoms with E-state index in [-0.39, 0.29) is 36.2 Å². The van der Waals surface area contributed by atoms with Gasteiger partial charge in [0.1, 0.15) is 23.4 Å². The number of hydrazone groups is 1. The van der Waals surface area contributed by atoms with Gasteiger partial charge in [0, 0.05) is 37.4 Å². The molecule has 1 fully saturated rings. The van der Waals surface area contributed by atoms with Crippen LogP contribution < -0.4 is 19.4 Å². The van der Waals surface area contributed by atoms with Gasteiger partial charge < -0.3 is 19.5 Å². The first kappa shape index (κ1) is 29.9. The van der Waals surface area contributed by atoms with Crippen molar-refractivity contribution in [3.05, 3.63) is 83.7 Å². The zero-order chi connectivity index (χ0) is 30.5. The Labute approximate surface area is 251 Å². The monoisotopic (exact) mass is 584 g/mol. The lowest BCUT2D eigenvalue weighted by atomic mass is 9.87. The predicted octanol–water partition coefficient (Wildman–Crippen LogP) is 6.48. The van der Waals surface area contributed by atoms with Crippen LogP contribution in [-0.2, 0) is 4.79 Å². The van der Waals surface area contributed by atoms with Gasteiger partial charge in [-0.2, -0.15) is 10.4 Å². The Morgan fingerprint density at radius 3 is 2.44 bits per heavy atom. The molecule has 3 aromatic rings. The number of hydrogen-bond acceptors (Lipinski definition) is 7. The number of carboxylic acid groups (broad SMARTS) is 1. The fourth-order valence-corrected chi connectivity index (χ4v) is 6.09. The molecule has 2 aliphatic heterocycles. The van der Waals surface area contributed by atoms with E-state index < -0.39 is 5.97 Å². The van der Waals surface area contributed by atoms with Gasteiger partial charge in [0.25, 0.3) is 0 Å². The molecule has 2 aliphatic rings. The number of nitriles is 1. The third kappa shape index (κ3) is 6.59. The molecule has 0 amide bonds. The minimum atomic E-state index is -0.880. The van der Waals surface area contributed by atoms with Crippen LogP contribution in [-0.4, -0.2) is 48.6 Å². The van der Waals surface area contributed by atoms with Gasteiger partial charge in [-0.05, 0) is 67.4 Å². The fourth-order valence-electron chi connectivity index (χ4n) is 6.09. The SMILES string of the molecule is CCOc1ccc(F)c(N2CC[C@@H](Oc3ccc(N4N=C(c5ccc(C#N)cc5)[C@@H](CC)[C@@H]4CC(=O)O)cc3)[C@H](C)C2)c1. The van der Waals surface area contributed by atoms with Crippen molar-refractivity contribution in [1.82, 2.24) is 0 Å². The van der Waals surface area contributed by atoms with Gasteiger partial charge in [-0.1, -0.05) is 26.0 Å². The van der Waals surface area contributed by atoms with E-state index in [0.29, 0.717) is 36.7 Å². The van der Waals surface area contributed by atoms with Crippen molar-refractivity contribution in [2.75, 3.05) is 29.6 Å². The largest absolute Gasteiger partial charge is 0.494 e. The van der Waals surface area contributed by atoms with Gasteiger partial charge in [0.2, 0.25) is 0 Å². The van der Waals surface area contributed by atoms with E-state index in [9.17, 15) is 19.6 Å². The second-order valence-corrected chi connectivity index (χ2v) is 11.1. The molecule has 5 rings (SSSR count). The Hall–Kier alpha value is -4.58. The molecular formula is C34H37FN4O4. The van der Waals surface area contributed by atoms with Crippen molar-refractivity contribution >= 4 is 23.1 Å². The number of halogens is 1. The van der Waals surface area contributed by atoms with Gasteiger partial charge >= 0.3 is 5.97 Å². The number of nitrogens with zero attached hydrogens (tertiary/aromatic N) is 4. The average molecular weight is 585 g/mol. The van der Waals surface area contributed by atoms with Gasteiger partial charge in [-0.15, -0.1) is 0 Å². The molecule has 1 N–H and O–H groups in total. The van der Waals surface area contributed by atoms with E-state index in [1.54, 1.807) is 24.3 Å². The fraction of sp³-hybridized carbons (Fsp3) is 0.382. The average Bonchev–Trinajstić information content (AvgIpc) is 3.37. The molecule has 0 bridgehead atoms. The number of rotatable bonds is 10. The molecule has 224 valence electrons. The molecule has 0 aromatic heterocycles. The first-order chi connectivity index (χ1) is 20.8. The summed E-state index contributed by atoms with van der Waals surface area (Å²) < 4.78 is 26.6. The molecule has 0 unspecified atom stereocenters. The van der Waals surface area contributed by atoms with Crippen LogP contribution in [0.15, 0.2) is 71.8 Å². The van der Waals surface area contributed by atoms with Crippen LogP contribution in [0.25, 0.3) is 0 Å². The maximum Gasteiger partial charge on any atom is 0.305 e. The van der Waals surface area contributed by atoms with Crippen molar-refractivity contribution in [3.8, 4) is 17.6 Å². The summed E-state index contributed by atoms with van der Waals surface area (Å²) in [6.45, 7) is 7.90. The lowest BCUT2D eigenvalue weighted by Gasteiger charge is -2.38. The highest BCUT2D eigenvalue weighted by molar-refractivity contribution is 6.05. The Kier molecular flexibility index (Phi) is 9.15. The Morgan fingerprint density at radius 2 is 1.81 bits per heavy atom. The maximum absolute atomic E-state index is 14.6. The minimum absolute atomic E-state index is 0.0303. The number of anilines is 2. The van der Waals surface area contributed by atoms with E-state index in [1.807, 2.05) is 55.3 Å². The van der Waals surface area contributed by atoms with Crippen molar-refractivity contribution in [2.45, 2.75) is 52.2 Å². The number of carboxylic acids is 1. The van der Waals surface area contributed by atoms with Crippen LogP contribution in [0, 0.1) is 29.0 Å². The van der Waals surface area contributed by atoms with Crippen molar-refractivity contribution in [2.24, 2.45) is 16.9 Å². The Morgan fingerprint density at radius 1 is 1.09 bits per heavy atom. The summed E-state index contributed by atoms with van der Waals surface area (Å²) in [6.07, 6.45) is 1.39. The second kappa shape index (κ2) is 13.2. The first-order valence-electron chi connectivity index (χ1n) is 14.8. The van der Waals surface area contributed by atoms with Gasteiger partial charge in [0.15, 0.2) is 0 Å². The summed E-state index contributed by atoms with van der Waals surface area (Å²) in [4.78, 5) is 13.9. The molecule has 0 radical (unpaired) electrons. The first-order valence-corrected chi connectivity index (χ1v) is 14.8. The van der Waals surface area contributed by atoms with Crippen LogP contribution in [0.2, 0.25) is 0 Å². The van der Waals surface area contributed by atoms with Crippen LogP contribution in [0.5, 0.6) is 11.5 Å². The van der Waals surface area contributed by atoms with Crippen LogP contribution >= 0.6 is 0 Å². The van der Waals surface area contributed by atoms with E-state index in [2.05, 4.69) is 17.9 Å². The zero-order valence-corrected chi connectivity index (χ0v) is 24.7. The van der Waals surface area contributed by atoms with E-state index in [0.717, 1.165) is 35.6 Å². The number of benzene rings is 3. The van der Waals surface area contributed by atoms with E-state index in [4.69, 9.17) is 14.6 Å².